The number of nitrogen functional groups attached to an aromatic ring is 2. The third-order valence-electron chi connectivity index (χ3n) is 26.8. The number of piperazine rings is 4. The zero-order chi connectivity index (χ0) is 97.4. The molecular weight excluding hydrogens is 1870 g/mol. The summed E-state index contributed by atoms with van der Waals surface area (Å²) in [4.78, 5) is 37.9. The van der Waals surface area contributed by atoms with E-state index in [1.807, 2.05) is 122 Å². The van der Waals surface area contributed by atoms with Crippen LogP contribution in [-0.4, -0.2) is 193 Å². The Kier molecular flexibility index (Phi) is 40.1. The first-order valence-electron chi connectivity index (χ1n) is 49.0. The number of aryl methyl sites for hydroxylation is 4. The van der Waals surface area contributed by atoms with Gasteiger partial charge >= 0.3 is 0 Å². The molecule has 137 heavy (non-hydrogen) atoms. The molecule has 4 aromatic heterocycles. The molecule has 21 nitrogen and oxygen atoms in total. The van der Waals surface area contributed by atoms with E-state index < -0.39 is 0 Å². The molecule has 8 heterocycles. The van der Waals surface area contributed by atoms with Crippen LogP contribution < -0.4 is 42.1 Å². The molecule has 0 radical (unpaired) electrons. The maximum Gasteiger partial charge on any atom is 0.224 e. The summed E-state index contributed by atoms with van der Waals surface area (Å²) in [6.45, 7) is 32.7. The van der Waals surface area contributed by atoms with Crippen LogP contribution in [0.2, 0.25) is 5.02 Å². The van der Waals surface area contributed by atoms with Crippen molar-refractivity contribution in [1.29, 1.82) is 21.0 Å². The quantitative estimate of drug-likeness (QED) is 0.0304. The number of carbonyl (C=O) groups excluding carboxylic acids is 2. The molecule has 19 rings (SSSR count). The Balaban J connectivity index is 0.000000148. The van der Waals surface area contributed by atoms with Gasteiger partial charge in [0.1, 0.15) is 24.3 Å². The number of benzene rings is 9. The van der Waals surface area contributed by atoms with Gasteiger partial charge in [0, 0.05) is 220 Å². The van der Waals surface area contributed by atoms with Crippen LogP contribution in [0.3, 0.4) is 0 Å². The van der Waals surface area contributed by atoms with E-state index >= 15 is 0 Å². The molecule has 25 heteroatoms. The molecule has 4 aliphatic heterocycles. The molecule has 4 saturated heterocycles. The van der Waals surface area contributed by atoms with Gasteiger partial charge in [0.2, 0.25) is 11.1 Å². The van der Waals surface area contributed by atoms with Crippen LogP contribution in [-0.2, 0) is 35.8 Å². The zero-order valence-electron chi connectivity index (χ0n) is 81.7. The number of nitrogens with two attached hydrogens (primary N) is 2. The van der Waals surface area contributed by atoms with Crippen molar-refractivity contribution in [3.8, 4) is 57.9 Å². The second-order valence-corrected chi connectivity index (χ2v) is 40.8. The van der Waals surface area contributed by atoms with Gasteiger partial charge in [-0.15, -0.1) is 0 Å². The lowest BCUT2D eigenvalue weighted by molar-refractivity contribution is -0.116. The molecule has 0 bridgehead atoms. The van der Waals surface area contributed by atoms with E-state index in [4.69, 9.17) is 39.9 Å². The zero-order valence-corrected chi connectivity index (χ0v) is 86.3. The number of aromatic nitrogens is 4. The highest BCUT2D eigenvalue weighted by Gasteiger charge is 2.34. The Bertz CT molecular complexity index is 6220. The van der Waals surface area contributed by atoms with Gasteiger partial charge < -0.3 is 74.7 Å². The third kappa shape index (κ3) is 27.9. The van der Waals surface area contributed by atoms with Crippen LogP contribution in [0, 0.1) is 48.9 Å². The van der Waals surface area contributed by atoms with Crippen LogP contribution in [0.5, 0.6) is 0 Å². The number of nitrogens with zero attached hydrogens (tertiary/aromatic N) is 15. The summed E-state index contributed by atoms with van der Waals surface area (Å²) in [6, 6.07) is 78.2. The van der Waals surface area contributed by atoms with Gasteiger partial charge in [-0.2, -0.15) is 21.0 Å². The number of fused-ring (bicyclic) bond motifs is 4. The molecular formula is C112H137Cl2IN19O2P. The minimum absolute atomic E-state index is 0.00966. The van der Waals surface area contributed by atoms with Crippen LogP contribution in [0.25, 0.3) is 77.3 Å². The van der Waals surface area contributed by atoms with Crippen molar-refractivity contribution < 1.29 is 9.59 Å². The Labute approximate surface area is 837 Å². The summed E-state index contributed by atoms with van der Waals surface area (Å²) in [5, 5.41) is 50.4. The van der Waals surface area contributed by atoms with Crippen molar-refractivity contribution in [2.24, 2.45) is 0 Å². The summed E-state index contributed by atoms with van der Waals surface area (Å²) >= 11 is 13.0. The van der Waals surface area contributed by atoms with E-state index in [2.05, 4.69) is 264 Å². The van der Waals surface area contributed by atoms with Crippen LogP contribution in [0.4, 0.5) is 34.1 Å². The molecule has 2 saturated carbocycles. The van der Waals surface area contributed by atoms with E-state index in [-0.39, 0.29) is 19.1 Å². The lowest BCUT2D eigenvalue weighted by Crippen LogP contribution is -2.44. The fourth-order valence-electron chi connectivity index (χ4n) is 19.0. The molecule has 13 aromatic rings. The van der Waals surface area contributed by atoms with Gasteiger partial charge in [-0.1, -0.05) is 157 Å². The minimum atomic E-state index is -0.273. The fraction of sp³-hybridized carbons (Fsp3) is 0.393. The molecule has 9 aromatic carbocycles. The first-order valence-corrected chi connectivity index (χ1v) is 52.3. The lowest BCUT2D eigenvalue weighted by atomic mass is 9.99. The normalized spacial score (nSPS) is 15.5. The van der Waals surface area contributed by atoms with Gasteiger partial charge in [-0.05, 0) is 270 Å². The largest absolute Gasteiger partial charge is 0.399 e. The number of carbonyl (C=O) groups is 2. The van der Waals surface area contributed by atoms with Gasteiger partial charge in [0.15, 0.2) is 0 Å². The highest BCUT2D eigenvalue weighted by Crippen LogP contribution is 2.56. The van der Waals surface area contributed by atoms with E-state index in [9.17, 15) is 25.4 Å². The van der Waals surface area contributed by atoms with Crippen molar-refractivity contribution in [2.45, 2.75) is 156 Å². The summed E-state index contributed by atoms with van der Waals surface area (Å²) < 4.78 is 9.89. The predicted octanol–water partition coefficient (Wildman–Crippen LogP) is 23.0. The van der Waals surface area contributed by atoms with Gasteiger partial charge in [0.25, 0.3) is 0 Å². The number of hydrogen-bond donors (Lipinski definition) is 4. The average molecular weight is 2010 g/mol. The van der Waals surface area contributed by atoms with Crippen LogP contribution in [0.1, 0.15) is 141 Å². The standard InChI is InChI=1S/C25H29N5O.C24H31P.C22H25N5.C16H20N4.C11H9ClN2.C6H6IN.C5H12N2.C3H5ClO/c1-4-24(31)27-19-8-6-18(7-9-19)25-22(17-26)21-11-10-20(16-23(21)30(25)5-2)29-14-12-28(3)13-15-29;1-4-12-20(13-5-1)23-18-10-11-19-24(23)25(21-14-6-2-7-15-21)22-16-8-3-9-17-22;1-3-27-21-14-18(26-12-10-25(2)11-13-26)8-9-19(21)20(15-23)22(27)16-4-6-17(24)7-5-16;1-3-19-12-13(11-17)15-5-4-14(10-16(15)19)20-8-6-18(2)7-9-20;1-2-14-7-8(6-13)10-4-3-9(12)5-11(10)14;7-5-1-3-6(8)4-2-5;1-7-4-2-6-3-5-7;1-2-3(4)5/h6-11,16H,4-5,12-15H2,1-3H3,(H,27,31);1,4-5,10-13,18-19,21-22H,2-3,6-9,14-17H2;4-9,14H,3,10-13,24H2,1-2H3;4-5,10,12H,3,6-9H2,1-2H3;3-5,7H,2H2,1H3;1-4H,8H2;6H,2-5H2,1H3;2H2,1H3. The van der Waals surface area contributed by atoms with E-state index in [0.29, 0.717) is 29.0 Å². The van der Waals surface area contributed by atoms with Crippen molar-refractivity contribution in [3.63, 3.8) is 0 Å². The van der Waals surface area contributed by atoms with Crippen molar-refractivity contribution in [3.05, 3.63) is 243 Å². The second kappa shape index (κ2) is 52.5. The monoisotopic (exact) mass is 2010 g/mol. The number of rotatable bonds is 16. The maximum atomic E-state index is 11.7. The van der Waals surface area contributed by atoms with Gasteiger partial charge in [0.05, 0.1) is 55.7 Å². The molecule has 0 atom stereocenters. The molecule has 1 amide bonds. The van der Waals surface area contributed by atoms with Crippen LogP contribution >= 0.6 is 53.7 Å². The smallest absolute Gasteiger partial charge is 0.224 e. The number of amides is 1. The third-order valence-corrected chi connectivity index (χ3v) is 31.6. The lowest BCUT2D eigenvalue weighted by Gasteiger charge is -2.39. The molecule has 718 valence electrons. The van der Waals surface area contributed by atoms with Crippen molar-refractivity contribution in [1.82, 2.24) is 43.2 Å². The summed E-state index contributed by atoms with van der Waals surface area (Å²) in [6.07, 6.45) is 19.4. The number of nitrogens with one attached hydrogen (secondary N) is 2. The molecule has 2 aliphatic carbocycles. The first-order chi connectivity index (χ1) is 66.5. The molecule has 6 aliphatic rings. The molecule has 0 unspecified atom stereocenters. The predicted molar refractivity (Wildman–Crippen MR) is 585 cm³/mol. The average Bonchev–Trinajstić information content (AvgIpc) is 1.60. The second-order valence-electron chi connectivity index (χ2n) is 36.0. The van der Waals surface area contributed by atoms with Gasteiger partial charge in [-0.3, -0.25) is 9.59 Å². The number of likely N-dealkylation sites (N-methyl/N-ethyl adjacent to an activating group) is 4. The Hall–Kier alpha value is -11.2. The Morgan fingerprint density at radius 1 is 0.431 bits per heavy atom. The SMILES string of the molecule is CCC(=O)Cl.CCC(=O)Nc1ccc(-c2c(C#N)c3ccc(N4CCN(C)CC4)cc3n2CC)cc1.CCn1c(-c2ccc(N)cc2)c(C#N)c2ccc(N3CCN(C)CC3)cc21.CCn1cc(C#N)c2ccc(Cl)cc21.CCn1cc(C#N)c2ccc(N3CCN(C)CC3)cc21.CN1CCNCC1.Nc1ccc(I)cc1.c1ccc(-c2ccccc2P(C2CCCCC2)C2CCCCC2)cc1. The summed E-state index contributed by atoms with van der Waals surface area (Å²) in [7, 11) is 8.61. The van der Waals surface area contributed by atoms with Crippen molar-refractivity contribution in [2.75, 3.05) is 164 Å². The van der Waals surface area contributed by atoms with Gasteiger partial charge in [-0.25, -0.2) is 0 Å². The van der Waals surface area contributed by atoms with E-state index in [1.165, 1.54) is 115 Å². The van der Waals surface area contributed by atoms with Crippen molar-refractivity contribution >= 4 is 148 Å². The maximum absolute atomic E-state index is 11.7. The summed E-state index contributed by atoms with van der Waals surface area (Å²) in [5.74, 6) is -0.00966. The topological polar surface area (TPSA) is 248 Å². The Morgan fingerprint density at radius 2 is 0.818 bits per heavy atom. The summed E-state index contributed by atoms with van der Waals surface area (Å²) in [5.41, 5.74) is 33.4. The fourth-order valence-corrected chi connectivity index (χ4v) is 23.5. The minimum Gasteiger partial charge on any atom is -0.399 e. The Morgan fingerprint density at radius 3 is 1.20 bits per heavy atom. The van der Waals surface area contributed by atoms with E-state index in [1.54, 1.807) is 12.2 Å². The van der Waals surface area contributed by atoms with Crippen LogP contribution in [0.15, 0.2) is 213 Å². The number of anilines is 6. The highest BCUT2D eigenvalue weighted by atomic mass is 127. The molecule has 6 fully saturated rings. The first kappa shape index (κ1) is 105. The van der Waals surface area contributed by atoms with E-state index in [0.717, 1.165) is 218 Å². The number of halogens is 3. The number of hydrogen-bond acceptors (Lipinski definition) is 16. The molecule has 6 N–H and O–H groups in total. The highest BCUT2D eigenvalue weighted by molar-refractivity contribution is 14.1. The number of nitriles is 4. The molecule has 0 spiro atoms.